The van der Waals surface area contributed by atoms with Gasteiger partial charge in [-0.15, -0.1) is 10.2 Å². The number of benzene rings is 1. The fourth-order valence-electron chi connectivity index (χ4n) is 3.57. The molecule has 0 saturated carbocycles. The van der Waals surface area contributed by atoms with E-state index in [4.69, 9.17) is 0 Å². The smallest absolute Gasteiger partial charge is 0.327 e. The van der Waals surface area contributed by atoms with Crippen LogP contribution in [-0.2, 0) is 4.79 Å². The number of pyridine rings is 1. The quantitative estimate of drug-likeness (QED) is 0.570. The van der Waals surface area contributed by atoms with Crippen molar-refractivity contribution in [3.63, 3.8) is 0 Å². The van der Waals surface area contributed by atoms with Gasteiger partial charge in [-0.3, -0.25) is 9.36 Å². The predicted octanol–water partition coefficient (Wildman–Crippen LogP) is 2.84. The minimum atomic E-state index is -1.09. The van der Waals surface area contributed by atoms with Crippen LogP contribution in [0.5, 0.6) is 0 Å². The zero-order valence-electron chi connectivity index (χ0n) is 16.0. The summed E-state index contributed by atoms with van der Waals surface area (Å²) in [4.78, 5) is 24.6. The molecule has 0 bridgehead atoms. The van der Waals surface area contributed by atoms with Crippen molar-refractivity contribution in [2.45, 2.75) is 26.8 Å². The predicted molar refractivity (Wildman–Crippen MR) is 104 cm³/mol. The van der Waals surface area contributed by atoms with E-state index >= 15 is 0 Å². The van der Waals surface area contributed by atoms with Crippen LogP contribution in [0.25, 0.3) is 27.8 Å². The van der Waals surface area contributed by atoms with Gasteiger partial charge < -0.3 is 5.11 Å². The Hall–Kier alpha value is -3.62. The number of hydrogen-bond acceptors (Lipinski definition) is 5. The lowest BCUT2D eigenvalue weighted by Gasteiger charge is -2.19. The monoisotopic (exact) mass is 395 g/mol. The van der Waals surface area contributed by atoms with Gasteiger partial charge in [-0.1, -0.05) is 26.0 Å². The van der Waals surface area contributed by atoms with Gasteiger partial charge in [0, 0.05) is 6.20 Å². The van der Waals surface area contributed by atoms with Crippen LogP contribution in [-0.4, -0.2) is 35.5 Å². The standard InChI is InChI=1S/C20H18FN5O3/c1-10(2)17(20(28)29)25-9-8-14-16(19(25)27)22-23-18-15(11(3)24-26(14)18)12-4-6-13(21)7-5-12/h4-10,17H,1-3H3,(H,28,29). The zero-order valence-corrected chi connectivity index (χ0v) is 16.0. The van der Waals surface area contributed by atoms with E-state index in [1.165, 1.54) is 22.8 Å². The average molecular weight is 395 g/mol. The summed E-state index contributed by atoms with van der Waals surface area (Å²) in [6.45, 7) is 5.26. The minimum Gasteiger partial charge on any atom is -0.480 e. The van der Waals surface area contributed by atoms with Crippen LogP contribution in [0.15, 0.2) is 41.3 Å². The summed E-state index contributed by atoms with van der Waals surface area (Å²) < 4.78 is 16.0. The van der Waals surface area contributed by atoms with Crippen molar-refractivity contribution in [2.24, 2.45) is 5.92 Å². The van der Waals surface area contributed by atoms with E-state index in [0.717, 1.165) is 10.1 Å². The molecule has 9 heteroatoms. The maximum atomic E-state index is 13.3. The molecule has 0 saturated heterocycles. The number of nitrogens with zero attached hydrogens (tertiary/aromatic N) is 5. The number of carboxylic acid groups (broad SMARTS) is 1. The molecular weight excluding hydrogens is 377 g/mol. The molecule has 1 N–H and O–H groups in total. The molecule has 0 aliphatic heterocycles. The van der Waals surface area contributed by atoms with Gasteiger partial charge in [-0.2, -0.15) is 5.10 Å². The number of carbonyl (C=O) groups is 1. The number of carboxylic acids is 1. The highest BCUT2D eigenvalue weighted by Gasteiger charge is 2.26. The van der Waals surface area contributed by atoms with Crippen molar-refractivity contribution in [1.82, 2.24) is 24.4 Å². The summed E-state index contributed by atoms with van der Waals surface area (Å²) in [5.74, 6) is -1.74. The number of hydrogen-bond donors (Lipinski definition) is 1. The van der Waals surface area contributed by atoms with Crippen LogP contribution in [0, 0.1) is 18.7 Å². The maximum absolute atomic E-state index is 13.3. The molecule has 1 aromatic carbocycles. The van der Waals surface area contributed by atoms with Crippen molar-refractivity contribution in [1.29, 1.82) is 0 Å². The van der Waals surface area contributed by atoms with E-state index in [-0.39, 0.29) is 17.3 Å². The van der Waals surface area contributed by atoms with E-state index in [1.807, 2.05) is 0 Å². The molecule has 4 aromatic rings. The minimum absolute atomic E-state index is 0.0278. The second-order valence-electron chi connectivity index (χ2n) is 7.19. The molecule has 0 fully saturated rings. The number of rotatable bonds is 4. The van der Waals surface area contributed by atoms with Gasteiger partial charge in [0.25, 0.3) is 5.56 Å². The summed E-state index contributed by atoms with van der Waals surface area (Å²) >= 11 is 0. The first kappa shape index (κ1) is 18.7. The largest absolute Gasteiger partial charge is 0.480 e. The summed E-state index contributed by atoms with van der Waals surface area (Å²) in [6.07, 6.45) is 1.44. The first-order valence-corrected chi connectivity index (χ1v) is 9.05. The molecule has 1 atom stereocenters. The lowest BCUT2D eigenvalue weighted by atomic mass is 10.0. The van der Waals surface area contributed by atoms with E-state index in [1.54, 1.807) is 39.0 Å². The van der Waals surface area contributed by atoms with Gasteiger partial charge in [-0.05, 0) is 36.6 Å². The van der Waals surface area contributed by atoms with Gasteiger partial charge in [0.05, 0.1) is 11.3 Å². The maximum Gasteiger partial charge on any atom is 0.327 e. The van der Waals surface area contributed by atoms with Crippen LogP contribution >= 0.6 is 0 Å². The molecule has 0 amide bonds. The van der Waals surface area contributed by atoms with E-state index in [0.29, 0.717) is 22.4 Å². The second-order valence-corrected chi connectivity index (χ2v) is 7.19. The van der Waals surface area contributed by atoms with Crippen LogP contribution in [0.1, 0.15) is 25.6 Å². The molecule has 29 heavy (non-hydrogen) atoms. The topological polar surface area (TPSA) is 102 Å². The van der Waals surface area contributed by atoms with Crippen LogP contribution in [0.4, 0.5) is 4.39 Å². The third-order valence-electron chi connectivity index (χ3n) is 4.90. The Morgan fingerprint density at radius 1 is 1.14 bits per heavy atom. The van der Waals surface area contributed by atoms with Crippen molar-refractivity contribution in [3.8, 4) is 11.1 Å². The molecule has 1 unspecified atom stereocenters. The molecule has 3 heterocycles. The Labute approximate surface area is 164 Å². The molecule has 3 aromatic heterocycles. The Morgan fingerprint density at radius 2 is 1.83 bits per heavy atom. The van der Waals surface area contributed by atoms with Crippen molar-refractivity contribution < 1.29 is 14.3 Å². The summed E-state index contributed by atoms with van der Waals surface area (Å²) in [5.41, 5.74) is 2.39. The van der Waals surface area contributed by atoms with E-state index in [9.17, 15) is 19.1 Å². The lowest BCUT2D eigenvalue weighted by Crippen LogP contribution is -2.33. The van der Waals surface area contributed by atoms with Gasteiger partial charge >= 0.3 is 5.97 Å². The average Bonchev–Trinajstić information content (AvgIpc) is 3.00. The van der Waals surface area contributed by atoms with Crippen LogP contribution in [0.2, 0.25) is 0 Å². The SMILES string of the molecule is Cc1nn2c(nnc3c(=O)n(C(C(=O)O)C(C)C)ccc32)c1-c1ccc(F)cc1. The lowest BCUT2D eigenvalue weighted by molar-refractivity contribution is -0.142. The molecule has 148 valence electrons. The van der Waals surface area contributed by atoms with E-state index < -0.39 is 17.6 Å². The molecule has 0 radical (unpaired) electrons. The molecule has 0 spiro atoms. The highest BCUT2D eigenvalue weighted by atomic mass is 19.1. The molecule has 4 rings (SSSR count). The Bertz CT molecular complexity index is 1310. The third-order valence-corrected chi connectivity index (χ3v) is 4.90. The molecule has 0 aliphatic rings. The van der Waals surface area contributed by atoms with Gasteiger partial charge in [-0.25, -0.2) is 13.7 Å². The first-order valence-electron chi connectivity index (χ1n) is 9.05. The number of aliphatic carboxylic acids is 1. The van der Waals surface area contributed by atoms with Crippen LogP contribution < -0.4 is 5.56 Å². The molecule has 8 nitrogen and oxygen atoms in total. The number of fused-ring (bicyclic) bond motifs is 3. The van der Waals surface area contributed by atoms with E-state index in [2.05, 4.69) is 15.3 Å². The number of aromatic nitrogens is 5. The normalized spacial score (nSPS) is 12.7. The summed E-state index contributed by atoms with van der Waals surface area (Å²) in [6, 6.07) is 6.55. The fraction of sp³-hybridized carbons (Fsp3) is 0.250. The summed E-state index contributed by atoms with van der Waals surface area (Å²) in [5, 5.41) is 22.2. The first-order chi connectivity index (χ1) is 13.8. The fourth-order valence-corrected chi connectivity index (χ4v) is 3.57. The molecular formula is C20H18FN5O3. The van der Waals surface area contributed by atoms with Gasteiger partial charge in [0.1, 0.15) is 17.4 Å². The Balaban J connectivity index is 1.97. The Kier molecular flexibility index (Phi) is 4.37. The number of halogens is 1. The highest BCUT2D eigenvalue weighted by molar-refractivity contribution is 5.84. The van der Waals surface area contributed by atoms with Crippen molar-refractivity contribution in [2.75, 3.05) is 0 Å². The number of aryl methyl sites for hydroxylation is 1. The second kappa shape index (κ2) is 6.77. The summed E-state index contributed by atoms with van der Waals surface area (Å²) in [7, 11) is 0. The van der Waals surface area contributed by atoms with Crippen molar-refractivity contribution >= 4 is 22.6 Å². The Morgan fingerprint density at radius 3 is 2.45 bits per heavy atom. The van der Waals surface area contributed by atoms with Crippen LogP contribution in [0.3, 0.4) is 0 Å². The zero-order chi connectivity index (χ0) is 20.9. The third kappa shape index (κ3) is 2.95. The molecule has 0 aliphatic carbocycles. The van der Waals surface area contributed by atoms with Crippen molar-refractivity contribution in [3.05, 3.63) is 58.4 Å². The van der Waals surface area contributed by atoms with Gasteiger partial charge in [0.2, 0.25) is 0 Å². The van der Waals surface area contributed by atoms with Gasteiger partial charge in [0.15, 0.2) is 11.2 Å². The highest BCUT2D eigenvalue weighted by Crippen LogP contribution is 2.28.